The monoisotopic (exact) mass is 490 g/mol. The minimum atomic E-state index is -4.82. The van der Waals surface area contributed by atoms with E-state index in [-0.39, 0.29) is 48.2 Å². The van der Waals surface area contributed by atoms with E-state index in [1.807, 2.05) is 12.1 Å². The molecule has 1 fully saturated rings. The number of amides is 2. The van der Waals surface area contributed by atoms with Gasteiger partial charge in [0.25, 0.3) is 5.91 Å². The molecule has 0 aromatic heterocycles. The Morgan fingerprint density at radius 2 is 1.74 bits per heavy atom. The molecule has 1 aliphatic heterocycles. The number of nitrogens with zero attached hydrogens (tertiary/aromatic N) is 2. The molecule has 0 radical (unpaired) electrons. The summed E-state index contributed by atoms with van der Waals surface area (Å²) >= 11 is 0. The van der Waals surface area contributed by atoms with Gasteiger partial charge < -0.3 is 19.6 Å². The number of benzene rings is 2. The predicted molar refractivity (Wildman–Crippen MR) is 120 cm³/mol. The number of carboxylic acids is 1. The van der Waals surface area contributed by atoms with Crippen LogP contribution in [-0.4, -0.2) is 47.2 Å². The van der Waals surface area contributed by atoms with Gasteiger partial charge in [-0.05, 0) is 48.7 Å². The highest BCUT2D eigenvalue weighted by molar-refractivity contribution is 6.07. The molecule has 3 unspecified atom stereocenters. The second-order valence-electron chi connectivity index (χ2n) is 8.81. The van der Waals surface area contributed by atoms with Crippen molar-refractivity contribution in [3.63, 3.8) is 0 Å². The van der Waals surface area contributed by atoms with Crippen LogP contribution in [0.5, 0.6) is 5.75 Å². The van der Waals surface area contributed by atoms with E-state index in [4.69, 9.17) is 5.11 Å². The molecule has 35 heavy (non-hydrogen) atoms. The molecule has 0 saturated heterocycles. The summed E-state index contributed by atoms with van der Waals surface area (Å²) in [6.45, 7) is 0. The summed E-state index contributed by atoms with van der Waals surface area (Å²) in [4.78, 5) is 40.6. The molecule has 2 aliphatic rings. The third-order valence-electron chi connectivity index (χ3n) is 6.70. The van der Waals surface area contributed by atoms with E-state index in [1.165, 1.54) is 12.1 Å². The van der Waals surface area contributed by atoms with E-state index in [9.17, 15) is 27.6 Å². The summed E-state index contributed by atoms with van der Waals surface area (Å²) < 4.78 is 41.4. The number of fused-ring (bicyclic) bond motifs is 2. The molecule has 0 bridgehead atoms. The number of hydrogen-bond donors (Lipinski definition) is 1. The maximum atomic E-state index is 13.6. The number of carboxylic acid groups (broad SMARTS) is 1. The van der Waals surface area contributed by atoms with Crippen LogP contribution in [0.3, 0.4) is 0 Å². The number of carbonyl (C=O) groups excluding carboxylic acids is 2. The van der Waals surface area contributed by atoms with E-state index < -0.39 is 18.1 Å². The molecule has 2 amide bonds. The number of aliphatic carboxylic acids is 1. The lowest BCUT2D eigenvalue weighted by Gasteiger charge is -2.46. The van der Waals surface area contributed by atoms with Gasteiger partial charge in [-0.2, -0.15) is 0 Å². The second kappa shape index (κ2) is 9.59. The first-order valence-corrected chi connectivity index (χ1v) is 11.3. The van der Waals surface area contributed by atoms with E-state index in [2.05, 4.69) is 4.74 Å². The Bertz CT molecular complexity index is 1120. The van der Waals surface area contributed by atoms with Crippen LogP contribution >= 0.6 is 0 Å². The van der Waals surface area contributed by atoms with Crippen molar-refractivity contribution in [3.8, 4) is 5.75 Å². The zero-order chi connectivity index (χ0) is 25.3. The van der Waals surface area contributed by atoms with E-state index in [1.54, 1.807) is 29.0 Å². The van der Waals surface area contributed by atoms with Crippen molar-refractivity contribution in [3.05, 3.63) is 59.7 Å². The number of alkyl halides is 3. The third-order valence-corrected chi connectivity index (χ3v) is 6.70. The van der Waals surface area contributed by atoms with Gasteiger partial charge in [-0.15, -0.1) is 13.2 Å². The highest BCUT2D eigenvalue weighted by Gasteiger charge is 2.48. The summed E-state index contributed by atoms with van der Waals surface area (Å²) in [5, 5.41) is 8.96. The van der Waals surface area contributed by atoms with Gasteiger partial charge in [0.05, 0.1) is 12.5 Å². The van der Waals surface area contributed by atoms with Crippen LogP contribution in [0, 0.1) is 5.92 Å². The zero-order valence-corrected chi connectivity index (χ0v) is 19.0. The van der Waals surface area contributed by atoms with Gasteiger partial charge in [0, 0.05) is 36.7 Å². The average Bonchev–Trinajstić information content (AvgIpc) is 3.28. The smallest absolute Gasteiger partial charge is 0.481 e. The molecule has 7 nitrogen and oxygen atoms in total. The Morgan fingerprint density at radius 3 is 2.40 bits per heavy atom. The first-order chi connectivity index (χ1) is 16.6. The Morgan fingerprint density at radius 1 is 1.06 bits per heavy atom. The number of rotatable bonds is 6. The maximum absolute atomic E-state index is 13.6. The van der Waals surface area contributed by atoms with Crippen LogP contribution in [0.15, 0.2) is 48.5 Å². The van der Waals surface area contributed by atoms with Crippen molar-refractivity contribution >= 4 is 23.5 Å². The number of anilines is 1. The van der Waals surface area contributed by atoms with Crippen molar-refractivity contribution in [1.82, 2.24) is 4.90 Å². The quantitative estimate of drug-likeness (QED) is 0.630. The molecule has 1 aliphatic carbocycles. The van der Waals surface area contributed by atoms with Crippen molar-refractivity contribution in [2.24, 2.45) is 5.92 Å². The van der Waals surface area contributed by atoms with Gasteiger partial charge in [-0.3, -0.25) is 14.4 Å². The van der Waals surface area contributed by atoms with Crippen molar-refractivity contribution in [2.75, 3.05) is 11.9 Å². The van der Waals surface area contributed by atoms with Crippen LogP contribution in [0.4, 0.5) is 18.9 Å². The Balaban J connectivity index is 1.66. The number of para-hydroxylation sites is 1. The highest BCUT2D eigenvalue weighted by Crippen LogP contribution is 2.50. The minimum absolute atomic E-state index is 0.0551. The summed E-state index contributed by atoms with van der Waals surface area (Å²) in [7, 11) is 1.66. The lowest BCUT2D eigenvalue weighted by atomic mass is 9.81. The molecule has 186 valence electrons. The van der Waals surface area contributed by atoms with Crippen LogP contribution in [-0.2, 0) is 9.59 Å². The summed E-state index contributed by atoms with van der Waals surface area (Å²) in [6.07, 6.45) is -2.85. The van der Waals surface area contributed by atoms with Crippen molar-refractivity contribution in [2.45, 2.75) is 50.6 Å². The second-order valence-corrected chi connectivity index (χ2v) is 8.81. The van der Waals surface area contributed by atoms with E-state index >= 15 is 0 Å². The normalized spacial score (nSPS) is 21.1. The third kappa shape index (κ3) is 5.11. The number of hydrogen-bond acceptors (Lipinski definition) is 4. The zero-order valence-electron chi connectivity index (χ0n) is 19.0. The van der Waals surface area contributed by atoms with Crippen molar-refractivity contribution < 1.29 is 37.4 Å². The summed E-state index contributed by atoms with van der Waals surface area (Å²) in [5.41, 5.74) is 1.65. The standard InChI is InChI=1S/C25H25F3N2O5/c1-29(21(31)13-14-22(32)33)23-17-5-2-3-7-19(17)30(20-8-4-6-18(20)23)24(34)15-9-11-16(12-10-15)35-25(26,27)28/h2-3,5,7,9-12,18,20,23H,4,6,8,13-14H2,1H3,(H,32,33). The predicted octanol–water partition coefficient (Wildman–Crippen LogP) is 4.78. The van der Waals surface area contributed by atoms with Gasteiger partial charge in [-0.1, -0.05) is 24.6 Å². The molecule has 4 rings (SSSR count). The molecular weight excluding hydrogens is 465 g/mol. The minimum Gasteiger partial charge on any atom is -0.481 e. The average molecular weight is 490 g/mol. The summed E-state index contributed by atoms with van der Waals surface area (Å²) in [6, 6.07) is 11.6. The molecule has 1 heterocycles. The largest absolute Gasteiger partial charge is 0.573 e. The molecule has 2 aromatic carbocycles. The van der Waals surface area contributed by atoms with Crippen LogP contribution < -0.4 is 9.64 Å². The fraction of sp³-hybridized carbons (Fsp3) is 0.400. The first-order valence-electron chi connectivity index (χ1n) is 11.3. The van der Waals surface area contributed by atoms with Gasteiger partial charge in [0.15, 0.2) is 0 Å². The van der Waals surface area contributed by atoms with Crippen LogP contribution in [0.2, 0.25) is 0 Å². The van der Waals surface area contributed by atoms with E-state index in [0.29, 0.717) is 12.1 Å². The van der Waals surface area contributed by atoms with Gasteiger partial charge in [0.2, 0.25) is 5.91 Å². The lowest BCUT2D eigenvalue weighted by Crippen LogP contribution is -2.51. The molecule has 2 aromatic rings. The fourth-order valence-corrected chi connectivity index (χ4v) is 5.26. The lowest BCUT2D eigenvalue weighted by molar-refractivity contribution is -0.274. The Labute approximate surface area is 200 Å². The van der Waals surface area contributed by atoms with Gasteiger partial charge >= 0.3 is 12.3 Å². The molecule has 1 N–H and O–H groups in total. The molecule has 1 saturated carbocycles. The number of ether oxygens (including phenoxy) is 1. The highest BCUT2D eigenvalue weighted by atomic mass is 19.4. The first kappa shape index (κ1) is 24.6. The molecular formula is C25H25F3N2O5. The number of halogens is 3. The van der Waals surface area contributed by atoms with Crippen LogP contribution in [0.25, 0.3) is 0 Å². The molecule has 0 spiro atoms. The van der Waals surface area contributed by atoms with Gasteiger partial charge in [-0.25, -0.2) is 0 Å². The molecule has 10 heteroatoms. The Hall–Kier alpha value is -3.56. The van der Waals surface area contributed by atoms with Gasteiger partial charge in [0.1, 0.15) is 5.75 Å². The summed E-state index contributed by atoms with van der Waals surface area (Å²) in [5.74, 6) is -2.13. The topological polar surface area (TPSA) is 87.2 Å². The molecule has 3 atom stereocenters. The van der Waals surface area contributed by atoms with E-state index in [0.717, 1.165) is 30.5 Å². The Kier molecular flexibility index (Phi) is 6.73. The number of carbonyl (C=O) groups is 3. The van der Waals surface area contributed by atoms with Crippen molar-refractivity contribution in [1.29, 1.82) is 0 Å². The fourth-order valence-electron chi connectivity index (χ4n) is 5.26. The SMILES string of the molecule is CN(C(=O)CCC(=O)O)C1c2ccccc2N(C(=O)c2ccc(OC(F)(F)F)cc2)C2CCCC12. The van der Waals surface area contributed by atoms with Crippen LogP contribution in [0.1, 0.15) is 54.1 Å². The maximum Gasteiger partial charge on any atom is 0.573 e.